The molecule has 0 saturated carbocycles. The van der Waals surface area contributed by atoms with Crippen LogP contribution in [0.1, 0.15) is 79.1 Å². The van der Waals surface area contributed by atoms with E-state index in [1.54, 1.807) is 12.1 Å². The first-order chi connectivity index (χ1) is 12.1. The fourth-order valence-electron chi connectivity index (χ4n) is 2.98. The molecular formula is C21H28ClNOS. The van der Waals surface area contributed by atoms with Gasteiger partial charge < -0.3 is 5.73 Å². The van der Waals surface area contributed by atoms with Gasteiger partial charge in [-0.1, -0.05) is 75.6 Å². The van der Waals surface area contributed by atoms with E-state index in [4.69, 9.17) is 17.3 Å². The lowest BCUT2D eigenvalue weighted by molar-refractivity contribution is 0.104. The summed E-state index contributed by atoms with van der Waals surface area (Å²) < 4.78 is 0. The Hall–Kier alpha value is -1.32. The van der Waals surface area contributed by atoms with Crippen molar-refractivity contribution in [3.63, 3.8) is 0 Å². The van der Waals surface area contributed by atoms with Crippen LogP contribution in [-0.4, -0.2) is 5.78 Å². The minimum atomic E-state index is -0.0819. The van der Waals surface area contributed by atoms with Crippen molar-refractivity contribution in [3.8, 4) is 0 Å². The van der Waals surface area contributed by atoms with Gasteiger partial charge in [-0.05, 0) is 31.0 Å². The molecule has 1 aromatic carbocycles. The molecule has 4 heteroatoms. The number of anilines is 1. The first-order valence-electron chi connectivity index (χ1n) is 9.31. The number of rotatable bonds is 11. The van der Waals surface area contributed by atoms with Crippen molar-refractivity contribution >= 4 is 33.7 Å². The Bertz CT molecular complexity index is 680. The third kappa shape index (κ3) is 6.16. The fourth-order valence-corrected chi connectivity index (χ4v) is 4.17. The molecule has 2 nitrogen and oxygen atoms in total. The van der Waals surface area contributed by atoms with Gasteiger partial charge in [-0.25, -0.2) is 0 Å². The van der Waals surface area contributed by atoms with Gasteiger partial charge in [0.25, 0.3) is 0 Å². The summed E-state index contributed by atoms with van der Waals surface area (Å²) in [6.07, 6.45) is 11.4. The summed E-state index contributed by atoms with van der Waals surface area (Å²) in [5, 5.41) is 1.07. The molecule has 0 spiro atoms. The highest BCUT2D eigenvalue weighted by Gasteiger charge is 2.17. The molecule has 25 heavy (non-hydrogen) atoms. The van der Waals surface area contributed by atoms with Gasteiger partial charge in [0.15, 0.2) is 5.78 Å². The van der Waals surface area contributed by atoms with E-state index < -0.39 is 0 Å². The van der Waals surface area contributed by atoms with Gasteiger partial charge in [0, 0.05) is 10.4 Å². The van der Waals surface area contributed by atoms with Crippen molar-refractivity contribution in [3.05, 3.63) is 51.4 Å². The van der Waals surface area contributed by atoms with Gasteiger partial charge in [0.1, 0.15) is 0 Å². The van der Waals surface area contributed by atoms with E-state index >= 15 is 0 Å². The molecule has 0 aliphatic carbocycles. The van der Waals surface area contributed by atoms with Crippen LogP contribution in [0.5, 0.6) is 0 Å². The van der Waals surface area contributed by atoms with Crippen LogP contribution in [0.25, 0.3) is 0 Å². The van der Waals surface area contributed by atoms with E-state index in [1.807, 2.05) is 18.2 Å². The number of thiophene rings is 1. The second-order valence-corrected chi connectivity index (χ2v) is 8.10. The van der Waals surface area contributed by atoms with Crippen LogP contribution in [0, 0.1) is 0 Å². The Morgan fingerprint density at radius 2 is 1.64 bits per heavy atom. The molecule has 0 aliphatic heterocycles. The second-order valence-electron chi connectivity index (χ2n) is 6.52. The van der Waals surface area contributed by atoms with Crippen molar-refractivity contribution in [2.75, 3.05) is 5.73 Å². The minimum Gasteiger partial charge on any atom is -0.390 e. The third-order valence-electron chi connectivity index (χ3n) is 4.45. The lowest BCUT2D eigenvalue weighted by Crippen LogP contribution is -2.03. The van der Waals surface area contributed by atoms with Gasteiger partial charge in [-0.3, -0.25) is 4.79 Å². The van der Waals surface area contributed by atoms with E-state index in [0.29, 0.717) is 21.2 Å². The molecular weight excluding hydrogens is 350 g/mol. The Labute approximate surface area is 160 Å². The predicted octanol–water partition coefficient (Wildman–Crippen LogP) is 6.90. The number of hydrogen-bond acceptors (Lipinski definition) is 3. The molecule has 0 radical (unpaired) electrons. The summed E-state index contributed by atoms with van der Waals surface area (Å²) in [6.45, 7) is 2.25. The zero-order chi connectivity index (χ0) is 18.1. The second kappa shape index (κ2) is 10.6. The predicted molar refractivity (Wildman–Crippen MR) is 110 cm³/mol. The van der Waals surface area contributed by atoms with Crippen LogP contribution in [0.3, 0.4) is 0 Å². The number of nitrogens with two attached hydrogens (primary N) is 1. The molecule has 136 valence electrons. The maximum absolute atomic E-state index is 12.6. The number of halogens is 1. The smallest absolute Gasteiger partial charge is 0.197 e. The average Bonchev–Trinajstić information content (AvgIpc) is 2.98. The molecule has 2 rings (SSSR count). The third-order valence-corrected chi connectivity index (χ3v) is 5.81. The summed E-state index contributed by atoms with van der Waals surface area (Å²) in [4.78, 5) is 13.8. The van der Waals surface area contributed by atoms with Crippen LogP contribution in [0.2, 0.25) is 5.02 Å². The summed E-state index contributed by atoms with van der Waals surface area (Å²) in [5.41, 5.74) is 7.19. The number of carbonyl (C=O) groups excluding carboxylic acids is 1. The first kappa shape index (κ1) is 20.0. The minimum absolute atomic E-state index is 0.0819. The summed E-state index contributed by atoms with van der Waals surface area (Å²) in [5.74, 6) is -0.0819. The number of hydrogen-bond donors (Lipinski definition) is 1. The molecule has 0 bridgehead atoms. The zero-order valence-electron chi connectivity index (χ0n) is 15.0. The standard InChI is InChI=1S/C21H28ClNOS/c1-2-3-4-5-6-7-8-9-12-16-15-18(21(23)25-16)20(24)17-13-10-11-14-19(17)22/h10-11,13-15H,2-9,12,23H2,1H3. The van der Waals surface area contributed by atoms with Gasteiger partial charge in [0.05, 0.1) is 15.6 Å². The maximum atomic E-state index is 12.6. The molecule has 0 unspecified atom stereocenters. The normalized spacial score (nSPS) is 11.0. The highest BCUT2D eigenvalue weighted by atomic mass is 35.5. The van der Waals surface area contributed by atoms with Crippen LogP contribution in [0.15, 0.2) is 30.3 Å². The van der Waals surface area contributed by atoms with E-state index in [1.165, 1.54) is 61.2 Å². The summed E-state index contributed by atoms with van der Waals surface area (Å²) in [7, 11) is 0. The molecule has 0 atom stereocenters. The maximum Gasteiger partial charge on any atom is 0.197 e. The van der Waals surface area contributed by atoms with Gasteiger partial charge in [-0.2, -0.15) is 0 Å². The van der Waals surface area contributed by atoms with Crippen molar-refractivity contribution in [2.24, 2.45) is 0 Å². The fraction of sp³-hybridized carbons (Fsp3) is 0.476. The van der Waals surface area contributed by atoms with E-state index in [2.05, 4.69) is 6.92 Å². The van der Waals surface area contributed by atoms with Crippen molar-refractivity contribution in [1.29, 1.82) is 0 Å². The Morgan fingerprint density at radius 1 is 1.00 bits per heavy atom. The van der Waals surface area contributed by atoms with Crippen LogP contribution >= 0.6 is 22.9 Å². The van der Waals surface area contributed by atoms with Gasteiger partial charge in [-0.15, -0.1) is 11.3 Å². The number of benzene rings is 1. The lowest BCUT2D eigenvalue weighted by Gasteiger charge is -2.02. The average molecular weight is 378 g/mol. The Balaban J connectivity index is 1.82. The molecule has 1 aromatic heterocycles. The molecule has 2 N–H and O–H groups in total. The van der Waals surface area contributed by atoms with Gasteiger partial charge >= 0.3 is 0 Å². The first-order valence-corrected chi connectivity index (χ1v) is 10.5. The molecule has 1 heterocycles. The van der Waals surface area contributed by atoms with Gasteiger partial charge in [0.2, 0.25) is 0 Å². The highest BCUT2D eigenvalue weighted by molar-refractivity contribution is 7.16. The highest BCUT2D eigenvalue weighted by Crippen LogP contribution is 2.30. The zero-order valence-corrected chi connectivity index (χ0v) is 16.6. The number of unbranched alkanes of at least 4 members (excludes halogenated alkanes) is 7. The van der Waals surface area contributed by atoms with Crippen LogP contribution in [-0.2, 0) is 6.42 Å². The van der Waals surface area contributed by atoms with E-state index in [-0.39, 0.29) is 5.78 Å². The topological polar surface area (TPSA) is 43.1 Å². The monoisotopic (exact) mass is 377 g/mol. The summed E-state index contributed by atoms with van der Waals surface area (Å²) >= 11 is 7.67. The number of aryl methyl sites for hydroxylation is 1. The van der Waals surface area contributed by atoms with Crippen molar-refractivity contribution in [1.82, 2.24) is 0 Å². The summed E-state index contributed by atoms with van der Waals surface area (Å²) in [6, 6.07) is 9.08. The number of nitrogen functional groups attached to an aromatic ring is 1. The van der Waals surface area contributed by atoms with E-state index in [0.717, 1.165) is 12.8 Å². The van der Waals surface area contributed by atoms with Crippen LogP contribution < -0.4 is 5.73 Å². The van der Waals surface area contributed by atoms with Crippen molar-refractivity contribution in [2.45, 2.75) is 64.7 Å². The largest absolute Gasteiger partial charge is 0.390 e. The molecule has 2 aromatic rings. The quantitative estimate of drug-likeness (QED) is 0.342. The van der Waals surface area contributed by atoms with Crippen LogP contribution in [0.4, 0.5) is 5.00 Å². The molecule has 0 aliphatic rings. The lowest BCUT2D eigenvalue weighted by atomic mass is 10.0. The van der Waals surface area contributed by atoms with E-state index in [9.17, 15) is 4.79 Å². The molecule has 0 fully saturated rings. The number of carbonyl (C=O) groups is 1. The van der Waals surface area contributed by atoms with Crippen molar-refractivity contribution < 1.29 is 4.79 Å². The molecule has 0 saturated heterocycles. The SMILES string of the molecule is CCCCCCCCCCc1cc(C(=O)c2ccccc2Cl)c(N)s1. The number of ketones is 1. The molecule has 0 amide bonds. The Kier molecular flexibility index (Phi) is 8.50. The Morgan fingerprint density at radius 3 is 2.32 bits per heavy atom.